The number of aliphatic hydroxyl groups excluding tert-OH is 1. The number of carbonyl (C=O) groups is 2. The van der Waals surface area contributed by atoms with Crippen molar-refractivity contribution in [1.82, 2.24) is 0 Å². The summed E-state index contributed by atoms with van der Waals surface area (Å²) >= 11 is 0. The molecule has 5 atom stereocenters. The van der Waals surface area contributed by atoms with E-state index >= 15 is 0 Å². The maximum absolute atomic E-state index is 13.8. The molecule has 0 aliphatic carbocycles. The molecule has 6 rings (SSSR count). The molecule has 0 radical (unpaired) electrons. The van der Waals surface area contributed by atoms with Gasteiger partial charge in [0.1, 0.15) is 12.2 Å². The van der Waals surface area contributed by atoms with E-state index in [2.05, 4.69) is 45.0 Å². The SMILES string of the molecule is CC(C)(C)[Si](OC[C@H]1O[C@@H](O)[C@H](OC(=O)c2ccccc2)[C@@H](OCc2ccccc2)[C@H]1OC(=O)c1ccccc1)(c1ccccc1)c1ccccc1. The van der Waals surface area contributed by atoms with Crippen LogP contribution in [-0.4, -0.2) is 62.7 Å². The van der Waals surface area contributed by atoms with Crippen molar-refractivity contribution in [2.45, 2.75) is 63.1 Å². The zero-order chi connectivity index (χ0) is 36.6. The number of ether oxygens (including phenoxy) is 4. The van der Waals surface area contributed by atoms with E-state index in [1.807, 2.05) is 72.8 Å². The molecule has 5 aromatic carbocycles. The highest BCUT2D eigenvalue weighted by molar-refractivity contribution is 6.99. The predicted octanol–water partition coefficient (Wildman–Crippen LogP) is 6.32. The number of hydrogen-bond donors (Lipinski definition) is 1. The summed E-state index contributed by atoms with van der Waals surface area (Å²) in [5.74, 6) is -1.31. The van der Waals surface area contributed by atoms with E-state index in [-0.39, 0.29) is 23.8 Å². The van der Waals surface area contributed by atoms with Crippen LogP contribution in [-0.2, 0) is 30.0 Å². The van der Waals surface area contributed by atoms with Crippen molar-refractivity contribution in [3.63, 3.8) is 0 Å². The lowest BCUT2D eigenvalue weighted by atomic mass is 9.98. The van der Waals surface area contributed by atoms with Crippen molar-refractivity contribution < 1.29 is 38.1 Å². The van der Waals surface area contributed by atoms with Crippen LogP contribution in [0.15, 0.2) is 152 Å². The van der Waals surface area contributed by atoms with Gasteiger partial charge >= 0.3 is 11.9 Å². The minimum Gasteiger partial charge on any atom is -0.453 e. The van der Waals surface area contributed by atoms with Crippen LogP contribution in [0.25, 0.3) is 0 Å². The Morgan fingerprint density at radius 3 is 1.50 bits per heavy atom. The summed E-state index contributed by atoms with van der Waals surface area (Å²) in [7, 11) is -3.10. The molecule has 0 amide bonds. The fourth-order valence-corrected chi connectivity index (χ4v) is 11.3. The van der Waals surface area contributed by atoms with Crippen LogP contribution in [0.3, 0.4) is 0 Å². The Morgan fingerprint density at radius 2 is 1.04 bits per heavy atom. The molecule has 52 heavy (non-hydrogen) atoms. The molecular formula is C43H44O8Si. The zero-order valence-electron chi connectivity index (χ0n) is 29.5. The molecule has 1 heterocycles. The van der Waals surface area contributed by atoms with E-state index in [1.54, 1.807) is 54.6 Å². The van der Waals surface area contributed by atoms with E-state index in [9.17, 15) is 14.7 Å². The summed E-state index contributed by atoms with van der Waals surface area (Å²) in [6, 6.07) is 46.8. The Bertz CT molecular complexity index is 1830. The third-order valence-electron chi connectivity index (χ3n) is 9.28. The molecular weight excluding hydrogens is 673 g/mol. The Morgan fingerprint density at radius 1 is 0.615 bits per heavy atom. The predicted molar refractivity (Wildman–Crippen MR) is 201 cm³/mol. The standard InChI is InChI=1S/C43H44O8Si/c1-43(2,3)52(34-25-15-7-16-26-34,35-27-17-8-18-28-35)48-30-36-37(50-40(44)32-21-11-5-12-22-32)38(47-29-31-19-9-4-10-20-31)39(42(46)49-36)51-41(45)33-23-13-6-14-24-33/h4-28,36-39,42,46H,29-30H2,1-3H3/t36-,37+,38+,39-,42-/m1/s1. The number of rotatable bonds is 12. The molecule has 0 saturated carbocycles. The normalized spacial score (nSPS) is 20.5. The van der Waals surface area contributed by atoms with Gasteiger partial charge in [0.25, 0.3) is 8.32 Å². The molecule has 1 aliphatic heterocycles. The number of esters is 2. The lowest BCUT2D eigenvalue weighted by Crippen LogP contribution is -2.68. The molecule has 0 aromatic heterocycles. The first-order chi connectivity index (χ1) is 25.2. The van der Waals surface area contributed by atoms with Crippen molar-refractivity contribution in [2.24, 2.45) is 0 Å². The average molecular weight is 717 g/mol. The smallest absolute Gasteiger partial charge is 0.338 e. The van der Waals surface area contributed by atoms with Crippen molar-refractivity contribution in [1.29, 1.82) is 0 Å². The van der Waals surface area contributed by atoms with Gasteiger partial charge in [-0.15, -0.1) is 0 Å². The van der Waals surface area contributed by atoms with Crippen molar-refractivity contribution in [2.75, 3.05) is 6.61 Å². The molecule has 1 saturated heterocycles. The Labute approximate surface area is 306 Å². The molecule has 1 aliphatic rings. The minimum absolute atomic E-state index is 0.0678. The summed E-state index contributed by atoms with van der Waals surface area (Å²) in [6.45, 7) is 6.50. The quantitative estimate of drug-likeness (QED) is 0.118. The summed E-state index contributed by atoms with van der Waals surface area (Å²) in [5, 5.41) is 13.4. The van der Waals surface area contributed by atoms with Gasteiger partial charge in [-0.05, 0) is 45.2 Å². The van der Waals surface area contributed by atoms with Gasteiger partial charge in [-0.25, -0.2) is 9.59 Å². The molecule has 268 valence electrons. The highest BCUT2D eigenvalue weighted by Gasteiger charge is 2.54. The molecule has 5 aromatic rings. The Hall–Kier alpha value is -4.90. The fraction of sp³-hybridized carbons (Fsp3) is 0.256. The Balaban J connectivity index is 1.40. The first kappa shape index (κ1) is 36.9. The largest absolute Gasteiger partial charge is 0.453 e. The number of benzene rings is 5. The molecule has 9 heteroatoms. The van der Waals surface area contributed by atoms with E-state index in [0.717, 1.165) is 15.9 Å². The van der Waals surface area contributed by atoms with Gasteiger partial charge in [0.2, 0.25) is 0 Å². The maximum Gasteiger partial charge on any atom is 0.338 e. The second-order valence-corrected chi connectivity index (χ2v) is 18.1. The summed E-state index contributed by atoms with van der Waals surface area (Å²) < 4.78 is 32.2. The van der Waals surface area contributed by atoms with Gasteiger partial charge in [-0.2, -0.15) is 0 Å². The first-order valence-electron chi connectivity index (χ1n) is 17.4. The zero-order valence-corrected chi connectivity index (χ0v) is 30.5. The second kappa shape index (κ2) is 16.6. The van der Waals surface area contributed by atoms with Gasteiger partial charge in [-0.1, -0.05) is 148 Å². The highest BCUT2D eigenvalue weighted by atomic mass is 28.4. The van der Waals surface area contributed by atoms with E-state index < -0.39 is 51.0 Å². The highest BCUT2D eigenvalue weighted by Crippen LogP contribution is 2.38. The Kier molecular flexibility index (Phi) is 11.8. The minimum atomic E-state index is -3.10. The van der Waals surface area contributed by atoms with Crippen LogP contribution in [0.1, 0.15) is 47.1 Å². The second-order valence-electron chi connectivity index (χ2n) is 13.8. The van der Waals surface area contributed by atoms with Crippen molar-refractivity contribution >= 4 is 30.6 Å². The lowest BCUT2D eigenvalue weighted by molar-refractivity contribution is -0.293. The van der Waals surface area contributed by atoms with Crippen LogP contribution in [0.4, 0.5) is 0 Å². The number of carbonyl (C=O) groups excluding carboxylic acids is 2. The molecule has 0 unspecified atom stereocenters. The van der Waals surface area contributed by atoms with Crippen molar-refractivity contribution in [3.05, 3.63) is 168 Å². The van der Waals surface area contributed by atoms with Crippen LogP contribution in [0.5, 0.6) is 0 Å². The van der Waals surface area contributed by atoms with Gasteiger partial charge in [0.15, 0.2) is 18.5 Å². The summed E-state index contributed by atoms with van der Waals surface area (Å²) in [4.78, 5) is 27.2. The fourth-order valence-electron chi connectivity index (χ4n) is 6.75. The van der Waals surface area contributed by atoms with Gasteiger partial charge in [0, 0.05) is 0 Å². The molecule has 8 nitrogen and oxygen atoms in total. The van der Waals surface area contributed by atoms with Crippen molar-refractivity contribution in [3.8, 4) is 0 Å². The molecule has 1 fully saturated rings. The molecule has 1 N–H and O–H groups in total. The molecule has 0 bridgehead atoms. The summed E-state index contributed by atoms with van der Waals surface area (Å²) in [6.07, 6.45) is -6.30. The van der Waals surface area contributed by atoms with E-state index in [0.29, 0.717) is 5.56 Å². The van der Waals surface area contributed by atoms with Gasteiger partial charge in [0.05, 0.1) is 24.3 Å². The van der Waals surface area contributed by atoms with Crippen LogP contribution >= 0.6 is 0 Å². The first-order valence-corrected chi connectivity index (χ1v) is 19.3. The lowest BCUT2D eigenvalue weighted by Gasteiger charge is -2.47. The third-order valence-corrected chi connectivity index (χ3v) is 14.3. The van der Waals surface area contributed by atoms with Gasteiger partial charge in [-0.3, -0.25) is 0 Å². The topological polar surface area (TPSA) is 101 Å². The van der Waals surface area contributed by atoms with Crippen LogP contribution < -0.4 is 10.4 Å². The average Bonchev–Trinajstić information content (AvgIpc) is 3.17. The van der Waals surface area contributed by atoms with Crippen LogP contribution in [0.2, 0.25) is 5.04 Å². The van der Waals surface area contributed by atoms with Gasteiger partial charge < -0.3 is 28.5 Å². The monoisotopic (exact) mass is 716 g/mol. The van der Waals surface area contributed by atoms with Crippen LogP contribution in [0, 0.1) is 0 Å². The molecule has 0 spiro atoms. The van der Waals surface area contributed by atoms with E-state index in [1.165, 1.54) is 0 Å². The van der Waals surface area contributed by atoms with E-state index in [4.69, 9.17) is 23.4 Å². The number of hydrogen-bond acceptors (Lipinski definition) is 8. The maximum atomic E-state index is 13.8. The number of aliphatic hydroxyl groups is 1. The summed E-state index contributed by atoms with van der Waals surface area (Å²) in [5.41, 5.74) is 1.44. The third kappa shape index (κ3) is 8.25.